The topological polar surface area (TPSA) is 295 Å². The van der Waals surface area contributed by atoms with E-state index in [0.29, 0.717) is 43.9 Å². The van der Waals surface area contributed by atoms with Gasteiger partial charge in [0.25, 0.3) is 23.6 Å². The van der Waals surface area contributed by atoms with Crippen LogP contribution in [0.5, 0.6) is 0 Å². The fourth-order valence-electron chi connectivity index (χ4n) is 7.17. The van der Waals surface area contributed by atoms with Crippen LogP contribution in [0.1, 0.15) is 111 Å². The maximum Gasteiger partial charge on any atom is 0.255 e. The number of rotatable bonds is 16. The summed E-state index contributed by atoms with van der Waals surface area (Å²) >= 11 is 0. The molecule has 3 heterocycles. The average Bonchev–Trinajstić information content (AvgIpc) is 4.27. The quantitative estimate of drug-likeness (QED) is 0.0362. The van der Waals surface area contributed by atoms with Gasteiger partial charge in [-0.05, 0) is 132 Å². The molecule has 2 saturated heterocycles. The first kappa shape index (κ1) is 63.2. The molecule has 0 aliphatic carbocycles. The second-order valence-corrected chi connectivity index (χ2v) is 15.8. The SMILES string of the molecule is C/C=C\Nc1ccc(F)cc1.C=N.CC.CC.CC(NC(=O)C(O)C(O)C(=O)N1CCCC1)c1ccc(-n2cccn2)cc1.CCC(=N)C1CCCN1C(=O)C(O)C(O)C(=O)NC(C)c1ccc(NN)cc1. The van der Waals surface area contributed by atoms with E-state index in [9.17, 15) is 44.0 Å². The molecule has 7 atom stereocenters. The third-order valence-electron chi connectivity index (χ3n) is 11.1. The van der Waals surface area contributed by atoms with Gasteiger partial charge in [0, 0.05) is 49.1 Å². The Labute approximate surface area is 423 Å². The van der Waals surface area contributed by atoms with Crippen molar-refractivity contribution in [1.82, 2.24) is 30.2 Å². The number of amides is 4. The molecule has 2 fully saturated rings. The van der Waals surface area contributed by atoms with E-state index >= 15 is 0 Å². The summed E-state index contributed by atoms with van der Waals surface area (Å²) in [7, 11) is 0. The Kier molecular flexibility index (Phi) is 30.3. The van der Waals surface area contributed by atoms with Crippen LogP contribution in [0.25, 0.3) is 5.69 Å². The minimum Gasteiger partial charge on any atom is -0.380 e. The first-order valence-electron chi connectivity index (χ1n) is 24.2. The second-order valence-electron chi connectivity index (χ2n) is 15.8. The fraction of sp³-hybridized carbons (Fsp3) is 0.442. The first-order chi connectivity index (χ1) is 34.6. The van der Waals surface area contributed by atoms with E-state index in [2.05, 4.69) is 33.2 Å². The number of aromatic nitrogens is 2. The van der Waals surface area contributed by atoms with Crippen LogP contribution in [0.2, 0.25) is 0 Å². The number of aliphatic hydroxyl groups is 4. The Bertz CT molecular complexity index is 2210. The van der Waals surface area contributed by atoms with Gasteiger partial charge in [0.05, 0.1) is 23.8 Å². The number of nitrogens with one attached hydrogen (secondary N) is 6. The smallest absolute Gasteiger partial charge is 0.255 e. The zero-order valence-corrected chi connectivity index (χ0v) is 42.9. The van der Waals surface area contributed by atoms with Gasteiger partial charge in [-0.25, -0.2) is 9.07 Å². The number of allylic oxidation sites excluding steroid dienone is 1. The van der Waals surface area contributed by atoms with E-state index in [-0.39, 0.29) is 11.9 Å². The maximum absolute atomic E-state index is 12.6. The Hall–Kier alpha value is -6.84. The van der Waals surface area contributed by atoms with Crippen LogP contribution in [0.3, 0.4) is 0 Å². The molecule has 3 aromatic carbocycles. The van der Waals surface area contributed by atoms with Crippen molar-refractivity contribution < 1.29 is 44.0 Å². The van der Waals surface area contributed by atoms with Gasteiger partial charge in [-0.1, -0.05) is 65.0 Å². The van der Waals surface area contributed by atoms with Crippen LogP contribution in [-0.2, 0) is 19.2 Å². The summed E-state index contributed by atoms with van der Waals surface area (Å²) in [6, 6.07) is 21.3. The number of nitrogens with zero attached hydrogens (tertiary/aromatic N) is 4. The molecule has 0 spiro atoms. The van der Waals surface area contributed by atoms with Gasteiger partial charge in [-0.3, -0.25) is 25.0 Å². The van der Waals surface area contributed by atoms with Gasteiger partial charge in [0.2, 0.25) is 0 Å². The molecule has 6 rings (SSSR count). The van der Waals surface area contributed by atoms with Crippen molar-refractivity contribution in [2.45, 2.75) is 130 Å². The van der Waals surface area contributed by atoms with E-state index in [0.717, 1.165) is 41.8 Å². The van der Waals surface area contributed by atoms with Gasteiger partial charge in [-0.15, -0.1) is 0 Å². The summed E-state index contributed by atoms with van der Waals surface area (Å²) in [5, 5.41) is 66.4. The number of hydrogen-bond acceptors (Lipinski definition) is 14. The lowest BCUT2D eigenvalue weighted by Gasteiger charge is -2.29. The van der Waals surface area contributed by atoms with E-state index in [1.807, 2.05) is 84.1 Å². The van der Waals surface area contributed by atoms with Gasteiger partial charge in [0.15, 0.2) is 24.4 Å². The molecule has 0 radical (unpaired) electrons. The normalized spacial score (nSPS) is 15.9. The van der Waals surface area contributed by atoms with Crippen LogP contribution >= 0.6 is 0 Å². The first-order valence-corrected chi connectivity index (χ1v) is 24.2. The molecule has 2 aliphatic heterocycles. The van der Waals surface area contributed by atoms with Crippen LogP contribution in [0.4, 0.5) is 15.8 Å². The van der Waals surface area contributed by atoms with Gasteiger partial charge >= 0.3 is 0 Å². The number of aliphatic hydroxyl groups excluding tert-OH is 4. The van der Waals surface area contributed by atoms with E-state index in [4.69, 9.17) is 16.7 Å². The van der Waals surface area contributed by atoms with Crippen molar-refractivity contribution in [3.63, 3.8) is 0 Å². The Morgan fingerprint density at radius 1 is 0.764 bits per heavy atom. The zero-order valence-electron chi connectivity index (χ0n) is 42.9. The van der Waals surface area contributed by atoms with Gasteiger partial charge in [-0.2, -0.15) is 5.10 Å². The third kappa shape index (κ3) is 19.7. The molecular weight excluding hydrogens is 926 g/mol. The summed E-state index contributed by atoms with van der Waals surface area (Å²) in [4.78, 5) is 52.1. The standard InChI is InChI=1S/C19H29N5O4.C19H24N4O4.C9H10FN.2C2H6.CH3N/c1-3-14(20)15-5-4-10-24(15)19(28)17(26)16(25)18(27)22-11(2)12-6-8-13(23-21)9-7-12;1-13(14-5-7-15(8-6-14)23-12-4-9-20-23)21-18(26)16(24)17(25)19(27)22-10-2-3-11-22;1-2-7-11-9-5-3-8(10)4-6-9;3*1-2/h6-9,11,15-17,20,23,25-26H,3-5,10,21H2,1-2H3,(H,22,27);4-9,12-13,16-17,24-25H,2-3,10-11H2,1H3,(H,21,26);2-7,11H,1H3;2*1-2H3;2H,1H2/b;;7-2-;;;. The van der Waals surface area contributed by atoms with Crippen molar-refractivity contribution in [2.75, 3.05) is 30.4 Å². The second kappa shape index (κ2) is 34.5. The van der Waals surface area contributed by atoms with Crippen molar-refractivity contribution >= 4 is 47.4 Å². The highest BCUT2D eigenvalue weighted by atomic mass is 19.1. The van der Waals surface area contributed by atoms with Crippen molar-refractivity contribution in [1.29, 1.82) is 10.8 Å². The molecule has 20 heteroatoms. The van der Waals surface area contributed by atoms with E-state index in [1.54, 1.807) is 67.3 Å². The Balaban J connectivity index is 0.000000550. The number of likely N-dealkylation sites (tertiary alicyclic amines) is 2. The predicted molar refractivity (Wildman–Crippen MR) is 281 cm³/mol. The monoisotopic (exact) mass is 1000 g/mol. The number of nitrogen functional groups attached to an aromatic ring is 1. The lowest BCUT2D eigenvalue weighted by molar-refractivity contribution is -0.153. The van der Waals surface area contributed by atoms with Crippen LogP contribution in [0.15, 0.2) is 104 Å². The molecule has 2 aliphatic rings. The van der Waals surface area contributed by atoms with Crippen LogP contribution in [-0.4, -0.2) is 126 Å². The van der Waals surface area contributed by atoms with Crippen LogP contribution < -0.4 is 27.2 Å². The molecular formula is C52H78FN11O8. The number of halogens is 1. The molecule has 396 valence electrons. The highest BCUT2D eigenvalue weighted by Gasteiger charge is 2.39. The molecule has 1 aromatic heterocycles. The lowest BCUT2D eigenvalue weighted by Crippen LogP contribution is -2.53. The van der Waals surface area contributed by atoms with Crippen molar-refractivity contribution in [2.24, 2.45) is 5.84 Å². The number of benzene rings is 3. The molecule has 7 unspecified atom stereocenters. The third-order valence-corrected chi connectivity index (χ3v) is 11.1. The number of carbonyl (C=O) groups is 4. The largest absolute Gasteiger partial charge is 0.380 e. The summed E-state index contributed by atoms with van der Waals surface area (Å²) < 4.78 is 14.1. The highest BCUT2D eigenvalue weighted by molar-refractivity contribution is 5.95. The number of nitrogens with two attached hydrogens (primary N) is 1. The van der Waals surface area contributed by atoms with Crippen molar-refractivity contribution in [3.05, 3.63) is 120 Å². The minimum absolute atomic E-state index is 0.212. The highest BCUT2D eigenvalue weighted by Crippen LogP contribution is 2.22. The average molecular weight is 1000 g/mol. The number of hydrazine groups is 1. The lowest BCUT2D eigenvalue weighted by atomic mass is 10.0. The fourth-order valence-corrected chi connectivity index (χ4v) is 7.17. The summed E-state index contributed by atoms with van der Waals surface area (Å²) in [5.74, 6) is 2.16. The van der Waals surface area contributed by atoms with Crippen LogP contribution in [0, 0.1) is 16.6 Å². The summed E-state index contributed by atoms with van der Waals surface area (Å²) in [5.41, 5.74) is 6.99. The number of anilines is 2. The zero-order chi connectivity index (χ0) is 54.3. The Morgan fingerprint density at radius 3 is 1.71 bits per heavy atom. The molecule has 0 bridgehead atoms. The summed E-state index contributed by atoms with van der Waals surface area (Å²) in [6.45, 7) is 19.2. The molecule has 72 heavy (non-hydrogen) atoms. The minimum atomic E-state index is -1.89. The van der Waals surface area contributed by atoms with Gasteiger partial charge in [0.1, 0.15) is 5.82 Å². The van der Waals surface area contributed by atoms with Crippen molar-refractivity contribution in [3.8, 4) is 5.69 Å². The Morgan fingerprint density at radius 2 is 1.25 bits per heavy atom. The molecule has 4 aromatic rings. The predicted octanol–water partition coefficient (Wildman–Crippen LogP) is 5.78. The molecule has 4 amide bonds. The van der Waals surface area contributed by atoms with E-state index < -0.39 is 60.1 Å². The molecule has 12 N–H and O–H groups in total. The van der Waals surface area contributed by atoms with Gasteiger partial charge < -0.3 is 62.4 Å². The number of carbonyl (C=O) groups excluding carboxylic acids is 4. The molecule has 0 saturated carbocycles. The number of hydrogen-bond donors (Lipinski definition) is 11. The maximum atomic E-state index is 12.6. The summed E-state index contributed by atoms with van der Waals surface area (Å²) in [6.07, 6.45) is 3.48. The molecule has 19 nitrogen and oxygen atoms in total. The van der Waals surface area contributed by atoms with E-state index in [1.165, 1.54) is 21.9 Å².